The van der Waals surface area contributed by atoms with E-state index < -0.39 is 52.3 Å². The average molecular weight is 412 g/mol. The number of amides is 2. The van der Waals surface area contributed by atoms with Crippen LogP contribution in [0.5, 0.6) is 0 Å². The van der Waals surface area contributed by atoms with E-state index in [0.717, 1.165) is 12.1 Å². The second kappa shape index (κ2) is 8.00. The van der Waals surface area contributed by atoms with E-state index in [-0.39, 0.29) is 6.54 Å². The van der Waals surface area contributed by atoms with E-state index in [1.165, 1.54) is 26.0 Å². The number of anilines is 1. The first-order chi connectivity index (χ1) is 13.2. The lowest BCUT2D eigenvalue weighted by atomic mass is 9.86. The van der Waals surface area contributed by atoms with E-state index in [0.29, 0.717) is 18.1 Å². The zero-order chi connectivity index (χ0) is 22.1. The number of hydrogen-bond donors (Lipinski definition) is 2. The fraction of sp³-hybridized carbons (Fsp3) is 0.429. The second-order valence-corrected chi connectivity index (χ2v) is 7.74. The predicted octanol–water partition coefficient (Wildman–Crippen LogP) is 4.49. The highest BCUT2D eigenvalue weighted by atomic mass is 19.3. The smallest absolute Gasteiger partial charge is 0.275 e. The SMILES string of the molecule is C=C(/C=C(\C)C(C)(C)F)[C@H]1CNC(=O)[C@@H]1C(=O)Nc1cccc(F)c1C(C)(F)F. The Morgan fingerprint density at radius 2 is 1.90 bits per heavy atom. The Kier molecular flexibility index (Phi) is 6.25. The molecule has 0 aromatic heterocycles. The fourth-order valence-electron chi connectivity index (χ4n) is 3.11. The van der Waals surface area contributed by atoms with E-state index in [4.69, 9.17) is 0 Å². The molecule has 0 unspecified atom stereocenters. The van der Waals surface area contributed by atoms with E-state index in [1.54, 1.807) is 6.92 Å². The van der Waals surface area contributed by atoms with E-state index in [1.807, 2.05) is 0 Å². The Bertz CT molecular complexity index is 866. The van der Waals surface area contributed by atoms with Gasteiger partial charge in [-0.15, -0.1) is 0 Å². The number of carbonyl (C=O) groups is 2. The van der Waals surface area contributed by atoms with Crippen molar-refractivity contribution in [1.82, 2.24) is 5.32 Å². The van der Waals surface area contributed by atoms with Gasteiger partial charge < -0.3 is 10.6 Å². The third-order valence-corrected chi connectivity index (χ3v) is 4.99. The maximum absolute atomic E-state index is 14.1. The lowest BCUT2D eigenvalue weighted by molar-refractivity contribution is -0.130. The van der Waals surface area contributed by atoms with Crippen LogP contribution >= 0.6 is 0 Å². The van der Waals surface area contributed by atoms with Crippen LogP contribution in [0.4, 0.5) is 23.2 Å². The lowest BCUT2D eigenvalue weighted by Crippen LogP contribution is -2.34. The molecule has 1 saturated heterocycles. The van der Waals surface area contributed by atoms with Crippen molar-refractivity contribution in [3.05, 3.63) is 53.4 Å². The standard InChI is InChI=1S/C21H24F4N2O2/c1-11(9-12(2)20(3,4)23)13-10-26-18(28)16(13)19(29)27-15-8-6-7-14(22)17(15)21(5,24)25/h6-9,13,16H,1,10H2,2-5H3,(H,26,28)(H,27,29)/b12-9+/t13-,16-/m1/s1. The van der Waals surface area contributed by atoms with Crippen molar-refractivity contribution in [2.24, 2.45) is 11.8 Å². The van der Waals surface area contributed by atoms with Gasteiger partial charge in [-0.2, -0.15) is 0 Å². The van der Waals surface area contributed by atoms with Crippen LogP contribution < -0.4 is 10.6 Å². The van der Waals surface area contributed by atoms with Crippen LogP contribution in [0.25, 0.3) is 0 Å². The Balaban J connectivity index is 2.32. The van der Waals surface area contributed by atoms with E-state index in [9.17, 15) is 27.2 Å². The quantitative estimate of drug-likeness (QED) is 0.411. The van der Waals surface area contributed by atoms with Crippen molar-refractivity contribution >= 4 is 17.5 Å². The summed E-state index contributed by atoms with van der Waals surface area (Å²) in [5, 5.41) is 4.77. The minimum absolute atomic E-state index is 0.0895. The van der Waals surface area contributed by atoms with Gasteiger partial charge in [-0.3, -0.25) is 9.59 Å². The number of carbonyl (C=O) groups excluding carboxylic acids is 2. The van der Waals surface area contributed by atoms with Crippen molar-refractivity contribution in [3.8, 4) is 0 Å². The van der Waals surface area contributed by atoms with Gasteiger partial charge in [0.05, 0.1) is 11.3 Å². The van der Waals surface area contributed by atoms with Crippen LogP contribution in [0, 0.1) is 17.7 Å². The number of benzene rings is 1. The summed E-state index contributed by atoms with van der Waals surface area (Å²) in [6, 6.07) is 3.18. The summed E-state index contributed by atoms with van der Waals surface area (Å²) < 4.78 is 55.6. The highest BCUT2D eigenvalue weighted by Crippen LogP contribution is 2.36. The molecule has 0 bridgehead atoms. The Morgan fingerprint density at radius 3 is 2.45 bits per heavy atom. The number of hydrogen-bond acceptors (Lipinski definition) is 2. The predicted molar refractivity (Wildman–Crippen MR) is 103 cm³/mol. The minimum atomic E-state index is -3.54. The number of rotatable bonds is 6. The summed E-state index contributed by atoms with van der Waals surface area (Å²) in [5.41, 5.74) is -2.27. The van der Waals surface area contributed by atoms with E-state index in [2.05, 4.69) is 17.2 Å². The van der Waals surface area contributed by atoms with Crippen LogP contribution in [0.3, 0.4) is 0 Å². The third kappa shape index (κ3) is 5.05. The largest absolute Gasteiger partial charge is 0.355 e. The van der Waals surface area contributed by atoms with Gasteiger partial charge >= 0.3 is 0 Å². The maximum Gasteiger partial charge on any atom is 0.275 e. The normalized spacial score (nSPS) is 20.4. The summed E-state index contributed by atoms with van der Waals surface area (Å²) in [4.78, 5) is 25.0. The zero-order valence-electron chi connectivity index (χ0n) is 16.7. The third-order valence-electron chi connectivity index (χ3n) is 4.99. The Labute approximate surface area is 167 Å². The molecule has 2 amide bonds. The molecule has 1 aliphatic heterocycles. The zero-order valence-corrected chi connectivity index (χ0v) is 16.7. The summed E-state index contributed by atoms with van der Waals surface area (Å²) in [7, 11) is 0. The summed E-state index contributed by atoms with van der Waals surface area (Å²) >= 11 is 0. The lowest BCUT2D eigenvalue weighted by Gasteiger charge is -2.22. The molecule has 0 saturated carbocycles. The molecule has 2 rings (SSSR count). The molecule has 4 nitrogen and oxygen atoms in total. The Hall–Kier alpha value is -2.64. The highest BCUT2D eigenvalue weighted by molar-refractivity contribution is 6.08. The van der Waals surface area contributed by atoms with Crippen molar-refractivity contribution in [1.29, 1.82) is 0 Å². The molecule has 0 spiro atoms. The maximum atomic E-state index is 14.1. The van der Waals surface area contributed by atoms with Crippen LogP contribution in [0.2, 0.25) is 0 Å². The fourth-order valence-corrected chi connectivity index (χ4v) is 3.11. The van der Waals surface area contributed by atoms with Crippen molar-refractivity contribution < 1.29 is 27.2 Å². The van der Waals surface area contributed by atoms with Crippen LogP contribution in [-0.4, -0.2) is 24.0 Å². The topological polar surface area (TPSA) is 58.2 Å². The highest BCUT2D eigenvalue weighted by Gasteiger charge is 2.42. The molecule has 0 aliphatic carbocycles. The van der Waals surface area contributed by atoms with Gasteiger partial charge in [0.25, 0.3) is 5.92 Å². The molecule has 8 heteroatoms. The number of nitrogens with one attached hydrogen (secondary N) is 2. The van der Waals surface area contributed by atoms with E-state index >= 15 is 0 Å². The molecular weight excluding hydrogens is 388 g/mol. The molecule has 1 heterocycles. The first-order valence-electron chi connectivity index (χ1n) is 9.05. The van der Waals surface area contributed by atoms with Crippen LogP contribution in [0.15, 0.2) is 42.0 Å². The van der Waals surface area contributed by atoms with Crippen molar-refractivity contribution in [2.45, 2.75) is 39.3 Å². The first kappa shape index (κ1) is 22.6. The second-order valence-electron chi connectivity index (χ2n) is 7.74. The molecule has 2 atom stereocenters. The monoisotopic (exact) mass is 412 g/mol. The summed E-state index contributed by atoms with van der Waals surface area (Å²) in [6.45, 7) is 8.74. The average Bonchev–Trinajstić information content (AvgIpc) is 2.94. The van der Waals surface area contributed by atoms with Gasteiger partial charge in [-0.1, -0.05) is 18.7 Å². The van der Waals surface area contributed by atoms with Crippen LogP contribution in [-0.2, 0) is 15.5 Å². The molecule has 1 aliphatic rings. The van der Waals surface area contributed by atoms with Gasteiger partial charge in [-0.25, -0.2) is 17.6 Å². The molecule has 0 radical (unpaired) electrons. The number of alkyl halides is 3. The van der Waals surface area contributed by atoms with Gasteiger partial charge in [0.2, 0.25) is 11.8 Å². The molecule has 158 valence electrons. The van der Waals surface area contributed by atoms with Crippen molar-refractivity contribution in [3.63, 3.8) is 0 Å². The molecule has 1 aromatic rings. The van der Waals surface area contributed by atoms with Crippen LogP contribution in [0.1, 0.15) is 33.3 Å². The number of halogens is 4. The minimum Gasteiger partial charge on any atom is -0.355 e. The molecule has 1 fully saturated rings. The molecule has 1 aromatic carbocycles. The molecular formula is C21H24F4N2O2. The van der Waals surface area contributed by atoms with Crippen molar-refractivity contribution in [2.75, 3.05) is 11.9 Å². The first-order valence-corrected chi connectivity index (χ1v) is 9.05. The van der Waals surface area contributed by atoms with Gasteiger partial charge in [-0.05, 0) is 44.1 Å². The Morgan fingerprint density at radius 1 is 1.28 bits per heavy atom. The van der Waals surface area contributed by atoms with Gasteiger partial charge in [0.1, 0.15) is 17.4 Å². The summed E-state index contributed by atoms with van der Waals surface area (Å²) in [6.07, 6.45) is 1.47. The van der Waals surface area contributed by atoms with Gasteiger partial charge in [0, 0.05) is 19.4 Å². The molecule has 2 N–H and O–H groups in total. The molecule has 29 heavy (non-hydrogen) atoms. The number of allylic oxidation sites excluding steroid dienone is 2. The summed E-state index contributed by atoms with van der Waals surface area (Å²) in [5.74, 6) is -8.15. The van der Waals surface area contributed by atoms with Gasteiger partial charge in [0.15, 0.2) is 0 Å².